The molecule has 0 aliphatic heterocycles. The number of aromatic nitrogens is 5. The van der Waals surface area contributed by atoms with Crippen molar-refractivity contribution < 1.29 is 4.74 Å². The Morgan fingerprint density at radius 2 is 1.87 bits per heavy atom. The molecule has 1 aliphatic carbocycles. The van der Waals surface area contributed by atoms with Crippen LogP contribution in [0, 0.1) is 0 Å². The van der Waals surface area contributed by atoms with Gasteiger partial charge < -0.3 is 4.74 Å². The van der Waals surface area contributed by atoms with Crippen molar-refractivity contribution in [3.63, 3.8) is 0 Å². The molecule has 2 heterocycles. The predicted molar refractivity (Wildman–Crippen MR) is 117 cm³/mol. The van der Waals surface area contributed by atoms with Crippen LogP contribution < -0.4 is 4.74 Å². The summed E-state index contributed by atoms with van der Waals surface area (Å²) in [5, 5.41) is 14.6. The first kappa shape index (κ1) is 19.2. The topological polar surface area (TPSA) is 57.8 Å². The van der Waals surface area contributed by atoms with Gasteiger partial charge in [0.25, 0.3) is 0 Å². The highest BCUT2D eigenvalue weighted by molar-refractivity contribution is 7.98. The maximum absolute atomic E-state index is 6.19. The van der Waals surface area contributed by atoms with E-state index in [1.165, 1.54) is 5.56 Å². The van der Waals surface area contributed by atoms with Gasteiger partial charge in [0.1, 0.15) is 12.4 Å². The lowest BCUT2D eigenvalue weighted by Gasteiger charge is -2.11. The van der Waals surface area contributed by atoms with Gasteiger partial charge in [-0.3, -0.25) is 4.57 Å². The van der Waals surface area contributed by atoms with E-state index in [-0.39, 0.29) is 0 Å². The van der Waals surface area contributed by atoms with E-state index in [0.717, 1.165) is 35.3 Å². The summed E-state index contributed by atoms with van der Waals surface area (Å²) in [6, 6.07) is 18.3. The Morgan fingerprint density at radius 1 is 1.03 bits per heavy atom. The molecule has 0 saturated heterocycles. The van der Waals surface area contributed by atoms with Gasteiger partial charge >= 0.3 is 0 Å². The van der Waals surface area contributed by atoms with Crippen LogP contribution >= 0.6 is 23.4 Å². The summed E-state index contributed by atoms with van der Waals surface area (Å²) < 4.78 is 9.97. The van der Waals surface area contributed by atoms with E-state index < -0.39 is 0 Å². The zero-order chi connectivity index (χ0) is 20.3. The Balaban J connectivity index is 1.26. The molecule has 6 nitrogen and oxygen atoms in total. The number of thioether (sulfide) groups is 1. The lowest BCUT2D eigenvalue weighted by Crippen LogP contribution is -2.07. The van der Waals surface area contributed by atoms with Crippen molar-refractivity contribution in [2.24, 2.45) is 0 Å². The fraction of sp³-hybridized carbons (Fsp3) is 0.227. The van der Waals surface area contributed by atoms with Crippen molar-refractivity contribution in [3.8, 4) is 11.4 Å². The van der Waals surface area contributed by atoms with Crippen LogP contribution in [0.15, 0.2) is 72.1 Å². The number of nitrogens with zero attached hydrogens (tertiary/aromatic N) is 5. The second kappa shape index (κ2) is 8.53. The van der Waals surface area contributed by atoms with Crippen LogP contribution in [0.4, 0.5) is 0 Å². The summed E-state index contributed by atoms with van der Waals surface area (Å²) in [5.41, 5.74) is 2.28. The molecule has 0 unspecified atom stereocenters. The van der Waals surface area contributed by atoms with E-state index in [1.54, 1.807) is 18.0 Å². The molecule has 1 aliphatic rings. The van der Waals surface area contributed by atoms with Crippen molar-refractivity contribution >= 4 is 23.4 Å². The molecule has 152 valence electrons. The largest absolute Gasteiger partial charge is 0.484 e. The van der Waals surface area contributed by atoms with Crippen LogP contribution in [0.5, 0.6) is 5.75 Å². The third-order valence-electron chi connectivity index (χ3n) is 4.91. The molecule has 0 spiro atoms. The Morgan fingerprint density at radius 3 is 2.60 bits per heavy atom. The molecule has 0 N–H and O–H groups in total. The average molecular weight is 438 g/mol. The van der Waals surface area contributed by atoms with E-state index in [1.807, 2.05) is 41.2 Å². The first-order valence-corrected chi connectivity index (χ1v) is 11.2. The van der Waals surface area contributed by atoms with Crippen LogP contribution in [-0.2, 0) is 12.4 Å². The summed E-state index contributed by atoms with van der Waals surface area (Å²) in [4.78, 5) is 0. The number of para-hydroxylation sites is 1. The molecular weight excluding hydrogens is 418 g/mol. The standard InChI is InChI=1S/C22H20ClN5OS/c23-19-4-1-2-5-20(19)29-14-21-25-26-22(28(21)18-10-11-18)30-15-16-6-8-17(9-7-16)27-13-3-12-24-27/h1-9,12-13,18H,10-11,14-15H2. The normalized spacial score (nSPS) is 13.5. The number of ether oxygens (including phenoxy) is 1. The average Bonchev–Trinajstić information content (AvgIpc) is 3.30. The zero-order valence-corrected chi connectivity index (χ0v) is 17.8. The van der Waals surface area contributed by atoms with Gasteiger partial charge in [0.05, 0.1) is 10.7 Å². The summed E-state index contributed by atoms with van der Waals surface area (Å²) >= 11 is 7.90. The molecule has 30 heavy (non-hydrogen) atoms. The number of benzene rings is 2. The molecule has 2 aromatic heterocycles. The maximum atomic E-state index is 6.19. The molecule has 8 heteroatoms. The summed E-state index contributed by atoms with van der Waals surface area (Å²) in [5.74, 6) is 2.33. The highest BCUT2D eigenvalue weighted by Gasteiger charge is 2.29. The van der Waals surface area contributed by atoms with Gasteiger partial charge in [-0.2, -0.15) is 5.10 Å². The van der Waals surface area contributed by atoms with Gasteiger partial charge in [0.15, 0.2) is 11.0 Å². The Hall–Kier alpha value is -2.77. The number of halogens is 1. The molecule has 2 aromatic carbocycles. The van der Waals surface area contributed by atoms with E-state index in [0.29, 0.717) is 23.4 Å². The Kier molecular flexibility index (Phi) is 5.46. The van der Waals surface area contributed by atoms with E-state index in [2.05, 4.69) is 44.1 Å². The molecule has 0 amide bonds. The molecule has 1 saturated carbocycles. The van der Waals surface area contributed by atoms with Crippen molar-refractivity contribution in [2.75, 3.05) is 0 Å². The van der Waals surface area contributed by atoms with E-state index in [4.69, 9.17) is 16.3 Å². The van der Waals surface area contributed by atoms with Gasteiger partial charge in [-0.1, -0.05) is 47.6 Å². The van der Waals surface area contributed by atoms with Crippen molar-refractivity contribution in [3.05, 3.63) is 83.4 Å². The second-order valence-electron chi connectivity index (χ2n) is 7.12. The molecule has 0 radical (unpaired) electrons. The number of hydrogen-bond donors (Lipinski definition) is 0. The lowest BCUT2D eigenvalue weighted by atomic mass is 10.2. The number of hydrogen-bond acceptors (Lipinski definition) is 5. The van der Waals surface area contributed by atoms with Gasteiger partial charge in [0, 0.05) is 24.2 Å². The molecule has 0 bridgehead atoms. The summed E-state index contributed by atoms with van der Waals surface area (Å²) in [6.07, 6.45) is 6.03. The van der Waals surface area contributed by atoms with Gasteiger partial charge in [-0.05, 0) is 48.7 Å². The van der Waals surface area contributed by atoms with E-state index in [9.17, 15) is 0 Å². The van der Waals surface area contributed by atoms with Crippen LogP contribution in [0.1, 0.15) is 30.3 Å². The highest BCUT2D eigenvalue weighted by Crippen LogP contribution is 2.39. The molecule has 1 fully saturated rings. The van der Waals surface area contributed by atoms with E-state index >= 15 is 0 Å². The minimum Gasteiger partial charge on any atom is -0.484 e. The Labute approximate surface area is 183 Å². The monoisotopic (exact) mass is 437 g/mol. The van der Waals surface area contributed by atoms with Gasteiger partial charge in [-0.15, -0.1) is 10.2 Å². The molecular formula is C22H20ClN5OS. The van der Waals surface area contributed by atoms with Gasteiger partial charge in [-0.25, -0.2) is 4.68 Å². The van der Waals surface area contributed by atoms with Crippen molar-refractivity contribution in [2.45, 2.75) is 36.4 Å². The van der Waals surface area contributed by atoms with Crippen LogP contribution in [0.3, 0.4) is 0 Å². The minimum atomic E-state index is 0.354. The summed E-state index contributed by atoms with van der Waals surface area (Å²) in [7, 11) is 0. The van der Waals surface area contributed by atoms with Crippen LogP contribution in [0.2, 0.25) is 5.02 Å². The van der Waals surface area contributed by atoms with Crippen LogP contribution in [0.25, 0.3) is 5.69 Å². The first-order valence-electron chi connectivity index (χ1n) is 9.81. The highest BCUT2D eigenvalue weighted by atomic mass is 35.5. The molecule has 4 aromatic rings. The zero-order valence-electron chi connectivity index (χ0n) is 16.2. The summed E-state index contributed by atoms with van der Waals surface area (Å²) in [6.45, 7) is 0.354. The van der Waals surface area contributed by atoms with Crippen LogP contribution in [-0.4, -0.2) is 24.5 Å². The number of rotatable bonds is 8. The third kappa shape index (κ3) is 4.22. The SMILES string of the molecule is Clc1ccccc1OCc1nnc(SCc2ccc(-n3cccn3)cc2)n1C1CC1. The fourth-order valence-corrected chi connectivity index (χ4v) is 4.39. The third-order valence-corrected chi connectivity index (χ3v) is 6.24. The second-order valence-corrected chi connectivity index (χ2v) is 8.47. The molecule has 5 rings (SSSR count). The molecule has 0 atom stereocenters. The first-order chi connectivity index (χ1) is 14.8. The maximum Gasteiger partial charge on any atom is 0.191 e. The van der Waals surface area contributed by atoms with Gasteiger partial charge in [0.2, 0.25) is 0 Å². The Bertz CT molecular complexity index is 1120. The predicted octanol–water partition coefficient (Wildman–Crippen LogP) is 5.32. The van der Waals surface area contributed by atoms with Crippen molar-refractivity contribution in [1.29, 1.82) is 0 Å². The minimum absolute atomic E-state index is 0.354. The van der Waals surface area contributed by atoms with Crippen molar-refractivity contribution in [1.82, 2.24) is 24.5 Å². The lowest BCUT2D eigenvalue weighted by molar-refractivity contribution is 0.288. The fourth-order valence-electron chi connectivity index (χ4n) is 3.22. The quantitative estimate of drug-likeness (QED) is 0.349. The smallest absolute Gasteiger partial charge is 0.191 e.